The van der Waals surface area contributed by atoms with Crippen LogP contribution in [0.5, 0.6) is 0 Å². The van der Waals surface area contributed by atoms with Gasteiger partial charge in [-0.3, -0.25) is 14.8 Å². The molecule has 0 spiro atoms. The second-order valence-electron chi connectivity index (χ2n) is 8.56. The van der Waals surface area contributed by atoms with Crippen LogP contribution < -0.4 is 5.32 Å². The predicted molar refractivity (Wildman–Crippen MR) is 126 cm³/mol. The fourth-order valence-corrected chi connectivity index (χ4v) is 3.56. The van der Waals surface area contributed by atoms with Gasteiger partial charge in [0.15, 0.2) is 5.82 Å². The minimum absolute atomic E-state index is 0.207. The van der Waals surface area contributed by atoms with Gasteiger partial charge in [0.25, 0.3) is 5.91 Å². The number of nitrogens with zero attached hydrogens (tertiary/aromatic N) is 6. The first-order chi connectivity index (χ1) is 15.9. The molecule has 4 aromatic rings. The number of carbonyl (C=O) groups is 1. The number of hydrogen-bond acceptors (Lipinski definition) is 6. The van der Waals surface area contributed by atoms with Crippen molar-refractivity contribution >= 4 is 5.91 Å². The standard InChI is InChI=1S/C25H27N7O/c1-16(2)11-24-29-30-31-32(24)22-13-20(19-7-5-17(3)6-8-19)12-21(14-22)25(33)28-18(4)23-15-26-9-10-27-23/h5-10,12-16,18H,11H2,1-4H3,(H,28,33). The molecule has 33 heavy (non-hydrogen) atoms. The van der Waals surface area contributed by atoms with E-state index in [1.54, 1.807) is 23.3 Å². The van der Waals surface area contributed by atoms with Crippen molar-refractivity contribution < 1.29 is 4.79 Å². The van der Waals surface area contributed by atoms with Crippen LogP contribution in [-0.2, 0) is 6.42 Å². The predicted octanol–water partition coefficient (Wildman–Crippen LogP) is 4.12. The van der Waals surface area contributed by atoms with Gasteiger partial charge in [-0.2, -0.15) is 4.68 Å². The normalized spacial score (nSPS) is 12.0. The van der Waals surface area contributed by atoms with Crippen molar-refractivity contribution in [1.82, 2.24) is 35.5 Å². The first-order valence-corrected chi connectivity index (χ1v) is 11.0. The Morgan fingerprint density at radius 3 is 2.52 bits per heavy atom. The summed E-state index contributed by atoms with van der Waals surface area (Å²) >= 11 is 0. The van der Waals surface area contributed by atoms with Gasteiger partial charge in [0, 0.05) is 24.4 Å². The summed E-state index contributed by atoms with van der Waals surface area (Å²) in [6, 6.07) is 13.6. The van der Waals surface area contributed by atoms with Crippen LogP contribution in [0.3, 0.4) is 0 Å². The molecule has 0 saturated heterocycles. The maximum atomic E-state index is 13.2. The highest BCUT2D eigenvalue weighted by molar-refractivity contribution is 5.96. The summed E-state index contributed by atoms with van der Waals surface area (Å²) in [4.78, 5) is 21.6. The summed E-state index contributed by atoms with van der Waals surface area (Å²) in [6.45, 7) is 8.17. The summed E-state index contributed by atoms with van der Waals surface area (Å²) in [5, 5.41) is 15.3. The lowest BCUT2D eigenvalue weighted by Crippen LogP contribution is -2.27. The smallest absolute Gasteiger partial charge is 0.251 e. The highest BCUT2D eigenvalue weighted by Gasteiger charge is 2.17. The van der Waals surface area contributed by atoms with E-state index in [0.717, 1.165) is 29.1 Å². The number of benzene rings is 2. The Kier molecular flexibility index (Phi) is 6.53. The summed E-state index contributed by atoms with van der Waals surface area (Å²) in [5.74, 6) is 0.942. The lowest BCUT2D eigenvalue weighted by Gasteiger charge is -2.15. The third kappa shape index (κ3) is 5.28. The number of amides is 1. The zero-order chi connectivity index (χ0) is 23.4. The average molecular weight is 442 g/mol. The molecule has 0 aliphatic heterocycles. The molecule has 1 N–H and O–H groups in total. The van der Waals surface area contributed by atoms with E-state index in [9.17, 15) is 4.79 Å². The number of nitrogens with one attached hydrogen (secondary N) is 1. The van der Waals surface area contributed by atoms with E-state index in [-0.39, 0.29) is 11.9 Å². The van der Waals surface area contributed by atoms with Crippen molar-refractivity contribution in [3.63, 3.8) is 0 Å². The van der Waals surface area contributed by atoms with E-state index in [0.29, 0.717) is 17.2 Å². The Balaban J connectivity index is 1.74. The fraction of sp³-hybridized carbons (Fsp3) is 0.280. The zero-order valence-electron chi connectivity index (χ0n) is 19.2. The van der Waals surface area contributed by atoms with Crippen molar-refractivity contribution in [1.29, 1.82) is 0 Å². The lowest BCUT2D eigenvalue weighted by atomic mass is 10.00. The highest BCUT2D eigenvalue weighted by Crippen LogP contribution is 2.26. The molecule has 2 aromatic heterocycles. The van der Waals surface area contributed by atoms with Crippen molar-refractivity contribution in [2.24, 2.45) is 5.92 Å². The van der Waals surface area contributed by atoms with E-state index in [2.05, 4.69) is 56.8 Å². The minimum atomic E-state index is -0.290. The molecular weight excluding hydrogens is 414 g/mol. The molecule has 0 aliphatic carbocycles. The Morgan fingerprint density at radius 2 is 1.82 bits per heavy atom. The fourth-order valence-electron chi connectivity index (χ4n) is 3.56. The highest BCUT2D eigenvalue weighted by atomic mass is 16.1. The van der Waals surface area contributed by atoms with E-state index in [1.807, 2.05) is 44.2 Å². The van der Waals surface area contributed by atoms with E-state index in [4.69, 9.17) is 0 Å². The van der Waals surface area contributed by atoms with Gasteiger partial charge in [0.05, 0.1) is 23.6 Å². The molecule has 1 unspecified atom stereocenters. The molecule has 1 atom stereocenters. The SMILES string of the molecule is Cc1ccc(-c2cc(C(=O)NC(C)c3cnccn3)cc(-n3nnnc3CC(C)C)c2)cc1. The molecule has 1 amide bonds. The summed E-state index contributed by atoms with van der Waals surface area (Å²) in [5.41, 5.74) is 5.05. The molecule has 0 saturated carbocycles. The molecule has 0 bridgehead atoms. The third-order valence-corrected chi connectivity index (χ3v) is 5.31. The van der Waals surface area contributed by atoms with Crippen molar-refractivity contribution in [3.05, 3.63) is 83.7 Å². The molecule has 8 nitrogen and oxygen atoms in total. The van der Waals surface area contributed by atoms with Crippen LogP contribution in [0.1, 0.15) is 54.3 Å². The zero-order valence-corrected chi connectivity index (χ0v) is 19.2. The van der Waals surface area contributed by atoms with Crippen molar-refractivity contribution in [3.8, 4) is 16.8 Å². The molecule has 168 valence electrons. The second kappa shape index (κ2) is 9.68. The molecule has 2 aromatic carbocycles. The van der Waals surface area contributed by atoms with Crippen molar-refractivity contribution in [2.45, 2.75) is 40.2 Å². The summed E-state index contributed by atoms with van der Waals surface area (Å²) in [7, 11) is 0. The molecule has 0 radical (unpaired) electrons. The van der Waals surface area contributed by atoms with Gasteiger partial charge in [-0.1, -0.05) is 43.7 Å². The monoisotopic (exact) mass is 441 g/mol. The van der Waals surface area contributed by atoms with E-state index < -0.39 is 0 Å². The van der Waals surface area contributed by atoms with Crippen LogP contribution in [0.4, 0.5) is 0 Å². The topological polar surface area (TPSA) is 98.5 Å². The van der Waals surface area contributed by atoms with Gasteiger partial charge in [-0.05, 0) is 59.5 Å². The van der Waals surface area contributed by atoms with E-state index in [1.165, 1.54) is 5.56 Å². The van der Waals surface area contributed by atoms with Crippen LogP contribution >= 0.6 is 0 Å². The third-order valence-electron chi connectivity index (χ3n) is 5.31. The largest absolute Gasteiger partial charge is 0.344 e. The van der Waals surface area contributed by atoms with Crippen LogP contribution in [0, 0.1) is 12.8 Å². The molecule has 0 aliphatic rings. The molecule has 0 fully saturated rings. The van der Waals surface area contributed by atoms with Gasteiger partial charge >= 0.3 is 0 Å². The molecule has 4 rings (SSSR count). The molecular formula is C25H27N7O. The maximum absolute atomic E-state index is 13.2. The first kappa shape index (κ1) is 22.3. The van der Waals surface area contributed by atoms with Gasteiger partial charge < -0.3 is 5.32 Å². The Morgan fingerprint density at radius 1 is 1.03 bits per heavy atom. The van der Waals surface area contributed by atoms with Crippen molar-refractivity contribution in [2.75, 3.05) is 0 Å². The van der Waals surface area contributed by atoms with Crippen LogP contribution in [0.25, 0.3) is 16.8 Å². The van der Waals surface area contributed by atoms with Gasteiger partial charge in [0.1, 0.15) is 0 Å². The van der Waals surface area contributed by atoms with Crippen LogP contribution in [0.2, 0.25) is 0 Å². The second-order valence-corrected chi connectivity index (χ2v) is 8.56. The molecule has 8 heteroatoms. The summed E-state index contributed by atoms with van der Waals surface area (Å²) < 4.78 is 1.71. The van der Waals surface area contributed by atoms with Gasteiger partial charge in [-0.25, -0.2) is 0 Å². The average Bonchev–Trinajstić information content (AvgIpc) is 3.27. The lowest BCUT2D eigenvalue weighted by molar-refractivity contribution is 0.0939. The van der Waals surface area contributed by atoms with Gasteiger partial charge in [0.2, 0.25) is 0 Å². The van der Waals surface area contributed by atoms with Crippen LogP contribution in [0.15, 0.2) is 61.1 Å². The van der Waals surface area contributed by atoms with Gasteiger partial charge in [-0.15, -0.1) is 5.10 Å². The Bertz CT molecular complexity index is 1230. The maximum Gasteiger partial charge on any atom is 0.251 e. The number of carbonyl (C=O) groups excluding carboxylic acids is 1. The number of aryl methyl sites for hydroxylation is 1. The van der Waals surface area contributed by atoms with E-state index >= 15 is 0 Å². The minimum Gasteiger partial charge on any atom is -0.344 e. The number of hydrogen-bond donors (Lipinski definition) is 1. The first-order valence-electron chi connectivity index (χ1n) is 11.0. The number of aromatic nitrogens is 6. The number of rotatable bonds is 7. The number of tetrazole rings is 1. The summed E-state index contributed by atoms with van der Waals surface area (Å²) in [6.07, 6.45) is 5.60. The Hall–Kier alpha value is -3.94. The van der Waals surface area contributed by atoms with Crippen LogP contribution in [-0.4, -0.2) is 36.1 Å². The molecule has 2 heterocycles. The Labute approximate surface area is 193 Å². The quantitative estimate of drug-likeness (QED) is 0.463.